The molecular weight excluding hydrogens is 252 g/mol. The minimum Gasteiger partial charge on any atom is -0.383 e. The minimum atomic E-state index is 0.219. The normalized spacial score (nSPS) is 14.7. The van der Waals surface area contributed by atoms with Crippen molar-refractivity contribution in [2.24, 2.45) is 0 Å². The molecule has 0 aliphatic heterocycles. The number of rotatable bonds is 6. The first kappa shape index (κ1) is 14.9. The van der Waals surface area contributed by atoms with Crippen molar-refractivity contribution in [3.05, 3.63) is 29.2 Å². The predicted molar refractivity (Wildman–Crippen MR) is 80.0 cm³/mol. The highest BCUT2D eigenvalue weighted by molar-refractivity contribution is 5.42. The smallest absolute Gasteiger partial charge is 0.155 e. The number of methoxy groups -OCH3 is 1. The zero-order valence-corrected chi connectivity index (χ0v) is 13.0. The quantitative estimate of drug-likeness (QED) is 0.880. The van der Waals surface area contributed by atoms with Gasteiger partial charge in [0, 0.05) is 42.7 Å². The van der Waals surface area contributed by atoms with E-state index in [2.05, 4.69) is 36.2 Å². The third-order valence-electron chi connectivity index (χ3n) is 3.70. The van der Waals surface area contributed by atoms with Gasteiger partial charge in [-0.1, -0.05) is 6.92 Å². The predicted octanol–water partition coefficient (Wildman–Crippen LogP) is 2.42. The van der Waals surface area contributed by atoms with Crippen LogP contribution in [0.3, 0.4) is 0 Å². The summed E-state index contributed by atoms with van der Waals surface area (Å²) in [6.45, 7) is 9.11. The number of ether oxygens (including phenoxy) is 1. The van der Waals surface area contributed by atoms with E-state index in [0.717, 1.165) is 30.1 Å². The first-order valence-electron chi connectivity index (χ1n) is 7.13. The van der Waals surface area contributed by atoms with Crippen LogP contribution >= 0.6 is 0 Å². The molecule has 0 bridgehead atoms. The van der Waals surface area contributed by atoms with Gasteiger partial charge in [-0.25, -0.2) is 9.50 Å². The van der Waals surface area contributed by atoms with Crippen LogP contribution in [0.25, 0.3) is 5.65 Å². The molecule has 5 heteroatoms. The van der Waals surface area contributed by atoms with Gasteiger partial charge >= 0.3 is 0 Å². The molecule has 0 amide bonds. The van der Waals surface area contributed by atoms with Crippen molar-refractivity contribution in [2.45, 2.75) is 46.2 Å². The molecule has 2 aromatic heterocycles. The number of aromatic nitrogens is 3. The van der Waals surface area contributed by atoms with Crippen molar-refractivity contribution in [1.82, 2.24) is 19.9 Å². The third-order valence-corrected chi connectivity index (χ3v) is 3.70. The number of hydrogen-bond donors (Lipinski definition) is 1. The lowest BCUT2D eigenvalue weighted by molar-refractivity contribution is 0.159. The summed E-state index contributed by atoms with van der Waals surface area (Å²) < 4.78 is 7.16. The number of hydrogen-bond acceptors (Lipinski definition) is 4. The lowest BCUT2D eigenvalue weighted by Gasteiger charge is -2.23. The SMILES string of the molecule is CCC(COC)NC(C)c1cnc2cc(C)nn2c1C. The van der Waals surface area contributed by atoms with E-state index in [4.69, 9.17) is 4.74 Å². The second kappa shape index (κ2) is 6.33. The van der Waals surface area contributed by atoms with Crippen LogP contribution in [0.1, 0.15) is 43.3 Å². The molecule has 2 unspecified atom stereocenters. The Labute approximate surface area is 120 Å². The highest BCUT2D eigenvalue weighted by atomic mass is 16.5. The molecule has 20 heavy (non-hydrogen) atoms. The minimum absolute atomic E-state index is 0.219. The van der Waals surface area contributed by atoms with Crippen LogP contribution in [0.2, 0.25) is 0 Å². The monoisotopic (exact) mass is 276 g/mol. The standard InChI is InChI=1S/C15H24N4O/c1-6-13(9-20-5)17-11(3)14-8-16-15-7-10(2)18-19(15)12(14)4/h7-8,11,13,17H,6,9H2,1-5H3. The molecule has 0 aromatic carbocycles. The maximum absolute atomic E-state index is 5.24. The van der Waals surface area contributed by atoms with Gasteiger partial charge in [0.05, 0.1) is 12.3 Å². The molecule has 2 aromatic rings. The molecule has 0 radical (unpaired) electrons. The molecule has 110 valence electrons. The zero-order chi connectivity index (χ0) is 14.7. The van der Waals surface area contributed by atoms with Gasteiger partial charge in [-0.15, -0.1) is 0 Å². The van der Waals surface area contributed by atoms with Crippen LogP contribution in [-0.2, 0) is 4.74 Å². The van der Waals surface area contributed by atoms with E-state index in [1.807, 2.05) is 23.7 Å². The summed E-state index contributed by atoms with van der Waals surface area (Å²) in [4.78, 5) is 4.49. The Hall–Kier alpha value is -1.46. The van der Waals surface area contributed by atoms with Crippen LogP contribution in [0.4, 0.5) is 0 Å². The summed E-state index contributed by atoms with van der Waals surface area (Å²) in [5, 5.41) is 8.08. The van der Waals surface area contributed by atoms with Crippen LogP contribution in [-0.4, -0.2) is 34.4 Å². The molecule has 2 rings (SSSR count). The van der Waals surface area contributed by atoms with E-state index in [-0.39, 0.29) is 6.04 Å². The van der Waals surface area contributed by atoms with Gasteiger partial charge in [-0.05, 0) is 27.2 Å². The van der Waals surface area contributed by atoms with E-state index in [0.29, 0.717) is 6.04 Å². The Balaban J connectivity index is 2.25. The van der Waals surface area contributed by atoms with Crippen molar-refractivity contribution in [1.29, 1.82) is 0 Å². The Bertz CT molecular complexity index is 579. The second-order valence-corrected chi connectivity index (χ2v) is 5.30. The summed E-state index contributed by atoms with van der Waals surface area (Å²) in [5.41, 5.74) is 4.20. The van der Waals surface area contributed by atoms with E-state index in [1.165, 1.54) is 5.56 Å². The molecule has 2 heterocycles. The van der Waals surface area contributed by atoms with Crippen LogP contribution < -0.4 is 5.32 Å². The molecule has 0 fully saturated rings. The maximum Gasteiger partial charge on any atom is 0.155 e. The third kappa shape index (κ3) is 2.99. The van der Waals surface area contributed by atoms with Gasteiger partial charge in [-0.3, -0.25) is 0 Å². The molecule has 5 nitrogen and oxygen atoms in total. The molecule has 0 saturated heterocycles. The summed E-state index contributed by atoms with van der Waals surface area (Å²) in [6.07, 6.45) is 2.98. The molecule has 2 atom stereocenters. The zero-order valence-electron chi connectivity index (χ0n) is 13.0. The van der Waals surface area contributed by atoms with Crippen LogP contribution in [0.5, 0.6) is 0 Å². The van der Waals surface area contributed by atoms with E-state index >= 15 is 0 Å². The Morgan fingerprint density at radius 2 is 2.15 bits per heavy atom. The molecule has 0 aliphatic carbocycles. The van der Waals surface area contributed by atoms with Gasteiger partial charge < -0.3 is 10.1 Å². The van der Waals surface area contributed by atoms with E-state index in [9.17, 15) is 0 Å². The Morgan fingerprint density at radius 3 is 2.80 bits per heavy atom. The van der Waals surface area contributed by atoms with Crippen molar-refractivity contribution >= 4 is 5.65 Å². The fraction of sp³-hybridized carbons (Fsp3) is 0.600. The molecule has 1 N–H and O–H groups in total. The summed E-state index contributed by atoms with van der Waals surface area (Å²) >= 11 is 0. The van der Waals surface area contributed by atoms with Gasteiger partial charge in [-0.2, -0.15) is 5.10 Å². The number of nitrogens with one attached hydrogen (secondary N) is 1. The highest BCUT2D eigenvalue weighted by Gasteiger charge is 2.16. The van der Waals surface area contributed by atoms with E-state index < -0.39 is 0 Å². The van der Waals surface area contributed by atoms with Crippen LogP contribution in [0.15, 0.2) is 12.3 Å². The summed E-state index contributed by atoms with van der Waals surface area (Å²) in [5.74, 6) is 0. The van der Waals surface area contributed by atoms with Gasteiger partial charge in [0.2, 0.25) is 0 Å². The van der Waals surface area contributed by atoms with Crippen LogP contribution in [0, 0.1) is 13.8 Å². The van der Waals surface area contributed by atoms with Gasteiger partial charge in [0.15, 0.2) is 5.65 Å². The first-order valence-corrected chi connectivity index (χ1v) is 7.13. The number of aryl methyl sites for hydroxylation is 2. The second-order valence-electron chi connectivity index (χ2n) is 5.30. The lowest BCUT2D eigenvalue weighted by Crippen LogP contribution is -2.35. The average Bonchev–Trinajstić information content (AvgIpc) is 2.80. The van der Waals surface area contributed by atoms with Gasteiger partial charge in [0.1, 0.15) is 0 Å². The fourth-order valence-corrected chi connectivity index (χ4v) is 2.53. The lowest BCUT2D eigenvalue weighted by atomic mass is 10.1. The van der Waals surface area contributed by atoms with Crippen molar-refractivity contribution in [3.63, 3.8) is 0 Å². The maximum atomic E-state index is 5.24. The topological polar surface area (TPSA) is 51.5 Å². The molecular formula is C15H24N4O. The summed E-state index contributed by atoms with van der Waals surface area (Å²) in [6, 6.07) is 2.57. The largest absolute Gasteiger partial charge is 0.383 e. The van der Waals surface area contributed by atoms with Crippen molar-refractivity contribution in [2.75, 3.05) is 13.7 Å². The first-order chi connectivity index (χ1) is 9.56. The fourth-order valence-electron chi connectivity index (χ4n) is 2.53. The van der Waals surface area contributed by atoms with Crippen molar-refractivity contribution < 1.29 is 4.74 Å². The number of nitrogens with zero attached hydrogens (tertiary/aromatic N) is 3. The van der Waals surface area contributed by atoms with Crippen molar-refractivity contribution in [3.8, 4) is 0 Å². The molecule has 0 saturated carbocycles. The van der Waals surface area contributed by atoms with E-state index in [1.54, 1.807) is 7.11 Å². The average molecular weight is 276 g/mol. The Morgan fingerprint density at radius 1 is 1.40 bits per heavy atom. The Kier molecular flexibility index (Phi) is 4.73. The molecule has 0 spiro atoms. The number of fused-ring (bicyclic) bond motifs is 1. The molecule has 0 aliphatic rings. The van der Waals surface area contributed by atoms with Gasteiger partial charge in [0.25, 0.3) is 0 Å². The summed E-state index contributed by atoms with van der Waals surface area (Å²) in [7, 11) is 1.74. The highest BCUT2D eigenvalue weighted by Crippen LogP contribution is 2.18.